The molecule has 0 spiro atoms. The van der Waals surface area contributed by atoms with E-state index in [-0.39, 0.29) is 0 Å². The average Bonchev–Trinajstić information content (AvgIpc) is 2.49. The first-order valence-electron chi connectivity index (χ1n) is 5.60. The van der Waals surface area contributed by atoms with E-state index in [1.165, 1.54) is 19.3 Å². The highest BCUT2D eigenvalue weighted by Gasteiger charge is 2.20. The van der Waals surface area contributed by atoms with Crippen LogP contribution in [0.15, 0.2) is 0 Å². The summed E-state index contributed by atoms with van der Waals surface area (Å²) in [7, 11) is 2.02. The average molecular weight is 184 g/mol. The fourth-order valence-electron chi connectivity index (χ4n) is 2.18. The molecule has 0 radical (unpaired) electrons. The standard InChI is InChI=1S/C11H24N2/c1-9-4-5-11(6-9)13-8-10(2)7-12-3/h9-13H,4-8H2,1-3H3. The summed E-state index contributed by atoms with van der Waals surface area (Å²) in [6, 6.07) is 0.800. The summed E-state index contributed by atoms with van der Waals surface area (Å²) >= 11 is 0. The maximum Gasteiger partial charge on any atom is 0.00698 e. The normalized spacial score (nSPS) is 30.7. The summed E-state index contributed by atoms with van der Waals surface area (Å²) in [6.45, 7) is 6.94. The molecule has 1 aliphatic carbocycles. The lowest BCUT2D eigenvalue weighted by atomic mass is 10.1. The Balaban J connectivity index is 2.05. The van der Waals surface area contributed by atoms with E-state index in [0.717, 1.165) is 31.0 Å². The van der Waals surface area contributed by atoms with E-state index >= 15 is 0 Å². The quantitative estimate of drug-likeness (QED) is 0.678. The number of hydrogen-bond acceptors (Lipinski definition) is 2. The highest BCUT2D eigenvalue weighted by atomic mass is 14.9. The molecule has 3 unspecified atom stereocenters. The van der Waals surface area contributed by atoms with Crippen LogP contribution in [0.1, 0.15) is 33.1 Å². The Kier molecular flexibility index (Phi) is 4.74. The molecule has 0 heterocycles. The highest BCUT2D eigenvalue weighted by molar-refractivity contribution is 4.78. The molecule has 2 nitrogen and oxygen atoms in total. The van der Waals surface area contributed by atoms with Gasteiger partial charge in [-0.3, -0.25) is 0 Å². The molecular formula is C11H24N2. The number of rotatable bonds is 5. The Morgan fingerprint density at radius 1 is 1.31 bits per heavy atom. The lowest BCUT2D eigenvalue weighted by molar-refractivity contribution is 0.431. The maximum absolute atomic E-state index is 3.66. The lowest BCUT2D eigenvalue weighted by Gasteiger charge is -2.16. The molecule has 0 aromatic heterocycles. The Morgan fingerprint density at radius 2 is 2.08 bits per heavy atom. The molecule has 3 atom stereocenters. The van der Waals surface area contributed by atoms with Gasteiger partial charge >= 0.3 is 0 Å². The lowest BCUT2D eigenvalue weighted by Crippen LogP contribution is -2.33. The molecule has 1 fully saturated rings. The van der Waals surface area contributed by atoms with E-state index in [0.29, 0.717) is 0 Å². The van der Waals surface area contributed by atoms with Crippen LogP contribution in [0, 0.1) is 11.8 Å². The van der Waals surface area contributed by atoms with Crippen molar-refractivity contribution in [3.8, 4) is 0 Å². The van der Waals surface area contributed by atoms with Gasteiger partial charge in [-0.25, -0.2) is 0 Å². The van der Waals surface area contributed by atoms with Gasteiger partial charge in [0.25, 0.3) is 0 Å². The van der Waals surface area contributed by atoms with E-state index in [1.807, 2.05) is 7.05 Å². The summed E-state index contributed by atoms with van der Waals surface area (Å²) in [4.78, 5) is 0. The molecular weight excluding hydrogens is 160 g/mol. The summed E-state index contributed by atoms with van der Waals surface area (Å²) < 4.78 is 0. The van der Waals surface area contributed by atoms with Crippen LogP contribution in [0.5, 0.6) is 0 Å². The van der Waals surface area contributed by atoms with Crippen LogP contribution in [0.4, 0.5) is 0 Å². The molecule has 1 aliphatic rings. The fraction of sp³-hybridized carbons (Fsp3) is 1.00. The van der Waals surface area contributed by atoms with Crippen molar-refractivity contribution < 1.29 is 0 Å². The van der Waals surface area contributed by atoms with E-state index in [1.54, 1.807) is 0 Å². The Morgan fingerprint density at radius 3 is 2.62 bits per heavy atom. The van der Waals surface area contributed by atoms with Crippen LogP contribution in [0.2, 0.25) is 0 Å². The Labute approximate surface area is 82.5 Å². The van der Waals surface area contributed by atoms with Gasteiger partial charge < -0.3 is 10.6 Å². The minimum absolute atomic E-state index is 0.751. The second kappa shape index (κ2) is 5.61. The van der Waals surface area contributed by atoms with E-state index in [4.69, 9.17) is 0 Å². The molecule has 0 aromatic carbocycles. The molecule has 2 heteroatoms. The molecule has 0 saturated heterocycles. The van der Waals surface area contributed by atoms with E-state index in [9.17, 15) is 0 Å². The third-order valence-corrected chi connectivity index (χ3v) is 3.00. The minimum atomic E-state index is 0.751. The van der Waals surface area contributed by atoms with Crippen molar-refractivity contribution >= 4 is 0 Å². The van der Waals surface area contributed by atoms with Crippen LogP contribution >= 0.6 is 0 Å². The maximum atomic E-state index is 3.66. The van der Waals surface area contributed by atoms with Crippen molar-refractivity contribution in [2.45, 2.75) is 39.2 Å². The fourth-order valence-corrected chi connectivity index (χ4v) is 2.18. The van der Waals surface area contributed by atoms with E-state index in [2.05, 4.69) is 24.5 Å². The molecule has 78 valence electrons. The smallest absolute Gasteiger partial charge is 0.00698 e. The van der Waals surface area contributed by atoms with Crippen LogP contribution in [0.25, 0.3) is 0 Å². The summed E-state index contributed by atoms with van der Waals surface area (Å²) in [6.07, 6.45) is 4.18. The zero-order valence-corrected chi connectivity index (χ0v) is 9.27. The van der Waals surface area contributed by atoms with Crippen molar-refractivity contribution in [1.29, 1.82) is 0 Å². The number of nitrogens with one attached hydrogen (secondary N) is 2. The van der Waals surface area contributed by atoms with Crippen LogP contribution < -0.4 is 10.6 Å². The van der Waals surface area contributed by atoms with Gasteiger partial charge in [0, 0.05) is 6.04 Å². The zero-order chi connectivity index (χ0) is 9.68. The second-order valence-electron chi connectivity index (χ2n) is 4.69. The predicted octanol–water partition coefficient (Wildman–Crippen LogP) is 1.62. The molecule has 0 amide bonds. The summed E-state index contributed by atoms with van der Waals surface area (Å²) in [5.74, 6) is 1.69. The molecule has 2 N–H and O–H groups in total. The summed E-state index contributed by atoms with van der Waals surface area (Å²) in [5.41, 5.74) is 0. The van der Waals surface area contributed by atoms with Gasteiger partial charge in [-0.1, -0.05) is 13.8 Å². The van der Waals surface area contributed by atoms with Gasteiger partial charge in [0.2, 0.25) is 0 Å². The molecule has 1 rings (SSSR count). The van der Waals surface area contributed by atoms with Gasteiger partial charge in [-0.15, -0.1) is 0 Å². The topological polar surface area (TPSA) is 24.1 Å². The first kappa shape index (κ1) is 11.0. The SMILES string of the molecule is CNCC(C)CNC1CCC(C)C1. The predicted molar refractivity (Wildman–Crippen MR) is 57.9 cm³/mol. The first-order valence-corrected chi connectivity index (χ1v) is 5.60. The third kappa shape index (κ3) is 4.10. The highest BCUT2D eigenvalue weighted by Crippen LogP contribution is 2.24. The Bertz CT molecular complexity index is 136. The molecule has 1 saturated carbocycles. The van der Waals surface area contributed by atoms with Crippen LogP contribution in [0.3, 0.4) is 0 Å². The van der Waals surface area contributed by atoms with Crippen molar-refractivity contribution in [1.82, 2.24) is 10.6 Å². The van der Waals surface area contributed by atoms with Gasteiger partial charge in [-0.2, -0.15) is 0 Å². The first-order chi connectivity index (χ1) is 6.22. The third-order valence-electron chi connectivity index (χ3n) is 3.00. The van der Waals surface area contributed by atoms with Gasteiger partial charge in [0.1, 0.15) is 0 Å². The van der Waals surface area contributed by atoms with Crippen molar-refractivity contribution in [2.75, 3.05) is 20.1 Å². The monoisotopic (exact) mass is 184 g/mol. The minimum Gasteiger partial charge on any atom is -0.319 e. The molecule has 0 aliphatic heterocycles. The zero-order valence-electron chi connectivity index (χ0n) is 9.27. The van der Waals surface area contributed by atoms with Crippen molar-refractivity contribution in [2.24, 2.45) is 11.8 Å². The van der Waals surface area contributed by atoms with Crippen molar-refractivity contribution in [3.63, 3.8) is 0 Å². The van der Waals surface area contributed by atoms with Gasteiger partial charge in [0.05, 0.1) is 0 Å². The van der Waals surface area contributed by atoms with Crippen molar-refractivity contribution in [3.05, 3.63) is 0 Å². The van der Waals surface area contributed by atoms with Crippen LogP contribution in [-0.4, -0.2) is 26.2 Å². The number of hydrogen-bond donors (Lipinski definition) is 2. The molecule has 13 heavy (non-hydrogen) atoms. The van der Waals surface area contributed by atoms with E-state index < -0.39 is 0 Å². The Hall–Kier alpha value is -0.0800. The summed E-state index contributed by atoms with van der Waals surface area (Å²) in [5, 5.41) is 6.87. The molecule has 0 bridgehead atoms. The molecule has 0 aromatic rings. The second-order valence-corrected chi connectivity index (χ2v) is 4.69. The van der Waals surface area contributed by atoms with Gasteiger partial charge in [-0.05, 0) is 51.2 Å². The largest absolute Gasteiger partial charge is 0.319 e. The van der Waals surface area contributed by atoms with Crippen LogP contribution in [-0.2, 0) is 0 Å². The van der Waals surface area contributed by atoms with Gasteiger partial charge in [0.15, 0.2) is 0 Å².